The molecule has 0 radical (unpaired) electrons. The first-order chi connectivity index (χ1) is 5.20. The first-order valence-corrected chi connectivity index (χ1v) is 3.23. The summed E-state index contributed by atoms with van der Waals surface area (Å²) >= 11 is 3.70. The fourth-order valence-electron chi connectivity index (χ4n) is 0.548. The summed E-state index contributed by atoms with van der Waals surface area (Å²) < 4.78 is 0. The van der Waals surface area contributed by atoms with Crippen molar-refractivity contribution in [3.05, 3.63) is 23.5 Å². The maximum absolute atomic E-state index is 10.8. The second-order valence-electron chi connectivity index (χ2n) is 1.72. The Hall–Kier alpha value is -1.30. The lowest BCUT2D eigenvalue weighted by Gasteiger charge is -1.97. The summed E-state index contributed by atoms with van der Waals surface area (Å²) in [6.07, 6.45) is 1.36. The van der Waals surface area contributed by atoms with Gasteiger partial charge in [-0.3, -0.25) is 0 Å². The van der Waals surface area contributed by atoms with Crippen LogP contribution in [0, 0.1) is 5.21 Å². The summed E-state index contributed by atoms with van der Waals surface area (Å²) in [5, 5.41) is 14.2. The van der Waals surface area contributed by atoms with E-state index >= 15 is 0 Å². The highest BCUT2D eigenvalue weighted by molar-refractivity contribution is 7.96. The van der Waals surface area contributed by atoms with Crippen LogP contribution in [0.1, 0.15) is 0 Å². The van der Waals surface area contributed by atoms with Crippen LogP contribution in [-0.4, -0.2) is 10.3 Å². The molecule has 0 amide bonds. The molecule has 5 nitrogen and oxygen atoms in total. The van der Waals surface area contributed by atoms with Crippen LogP contribution in [0.15, 0.2) is 23.3 Å². The number of aromatic nitrogens is 2. The molecule has 1 heterocycles. The van der Waals surface area contributed by atoms with Gasteiger partial charge in [0.2, 0.25) is 0 Å². The summed E-state index contributed by atoms with van der Waals surface area (Å²) in [6.45, 7) is 0. The number of aliphatic imine (C=N–C) groups is 1. The number of thiol groups is 1. The number of hydrogen-bond donors (Lipinski definition) is 2. The molecule has 0 spiro atoms. The highest BCUT2D eigenvalue weighted by Crippen LogP contribution is 2.00. The van der Waals surface area contributed by atoms with E-state index in [-0.39, 0.29) is 11.0 Å². The molecule has 0 bridgehead atoms. The van der Waals surface area contributed by atoms with Gasteiger partial charge < -0.3 is 10.9 Å². The second kappa shape index (κ2) is 3.20. The Kier molecular flexibility index (Phi) is 2.27. The molecule has 0 fully saturated rings. The van der Waals surface area contributed by atoms with Gasteiger partial charge in [0, 0.05) is 6.07 Å². The lowest BCUT2D eigenvalue weighted by molar-refractivity contribution is -0.656. The predicted molar refractivity (Wildman–Crippen MR) is 43.5 cm³/mol. The van der Waals surface area contributed by atoms with E-state index in [0.29, 0.717) is 4.85 Å². The van der Waals surface area contributed by atoms with Crippen molar-refractivity contribution in [3.63, 3.8) is 0 Å². The summed E-state index contributed by atoms with van der Waals surface area (Å²) in [5.74, 6) is 0.125. The Bertz CT molecular complexity index is 284. The zero-order valence-electron chi connectivity index (χ0n) is 5.51. The Labute approximate surface area is 68.6 Å². The van der Waals surface area contributed by atoms with Crippen LogP contribution in [0.4, 0.5) is 5.82 Å². The van der Waals surface area contributed by atoms with Crippen molar-refractivity contribution >= 4 is 23.6 Å². The first kappa shape index (κ1) is 7.80. The van der Waals surface area contributed by atoms with Crippen LogP contribution in [-0.2, 0) is 0 Å². The third-order valence-electron chi connectivity index (χ3n) is 0.928. The molecular formula is C5H6N4OS. The molecule has 0 saturated carbocycles. The van der Waals surface area contributed by atoms with Crippen LogP contribution < -0.4 is 10.6 Å². The molecule has 0 aliphatic rings. The monoisotopic (exact) mass is 170 g/mol. The van der Waals surface area contributed by atoms with Crippen LogP contribution in [0.3, 0.4) is 0 Å². The van der Waals surface area contributed by atoms with Gasteiger partial charge >= 0.3 is 5.82 Å². The summed E-state index contributed by atoms with van der Waals surface area (Å²) in [7, 11) is 0. The SMILES string of the molecule is N/C(S)=N/c1cccn[n+]1[O-]. The molecule has 11 heavy (non-hydrogen) atoms. The number of amidine groups is 1. The van der Waals surface area contributed by atoms with Crippen LogP contribution in [0.2, 0.25) is 0 Å². The van der Waals surface area contributed by atoms with Gasteiger partial charge in [0.15, 0.2) is 0 Å². The first-order valence-electron chi connectivity index (χ1n) is 2.78. The molecule has 58 valence electrons. The van der Waals surface area contributed by atoms with Crippen LogP contribution in [0.25, 0.3) is 0 Å². The largest absolute Gasteiger partial charge is 0.691 e. The lowest BCUT2D eigenvalue weighted by Crippen LogP contribution is -2.30. The smallest absolute Gasteiger partial charge is 0.350 e. The minimum Gasteiger partial charge on any atom is -0.691 e. The standard InChI is InChI=1S/C5H6N4OS/c6-5(11)8-4-2-1-3-7-9(4)10/h1-3H,(H3,6,8,11). The van der Waals surface area contributed by atoms with Gasteiger partial charge in [-0.1, -0.05) is 17.7 Å². The van der Waals surface area contributed by atoms with Crippen molar-refractivity contribution in [2.75, 3.05) is 0 Å². The molecular weight excluding hydrogens is 164 g/mol. The van der Waals surface area contributed by atoms with E-state index in [9.17, 15) is 5.21 Å². The van der Waals surface area contributed by atoms with E-state index in [1.807, 2.05) is 0 Å². The minimum absolute atomic E-state index is 0.0302. The third kappa shape index (κ3) is 2.08. The Morgan fingerprint density at radius 3 is 3.09 bits per heavy atom. The normalized spacial score (nSPS) is 11.5. The molecule has 0 saturated heterocycles. The van der Waals surface area contributed by atoms with Gasteiger partial charge in [-0.25, -0.2) is 0 Å². The van der Waals surface area contributed by atoms with E-state index in [4.69, 9.17) is 5.73 Å². The molecule has 0 atom stereocenters. The van der Waals surface area contributed by atoms with Crippen LogP contribution >= 0.6 is 12.6 Å². The average molecular weight is 170 g/mol. The van der Waals surface area contributed by atoms with Crippen molar-refractivity contribution in [2.45, 2.75) is 0 Å². The molecule has 1 rings (SSSR count). The van der Waals surface area contributed by atoms with Gasteiger partial charge in [-0.2, -0.15) is 0 Å². The van der Waals surface area contributed by atoms with Crippen molar-refractivity contribution < 1.29 is 4.85 Å². The van der Waals surface area contributed by atoms with E-state index in [0.717, 1.165) is 0 Å². The fraction of sp³-hybridized carbons (Fsp3) is 0. The van der Waals surface area contributed by atoms with E-state index in [1.54, 1.807) is 6.07 Å². The number of nitrogens with two attached hydrogens (primary N) is 1. The predicted octanol–water partition coefficient (Wildman–Crippen LogP) is -0.409. The maximum atomic E-state index is 10.8. The zero-order chi connectivity index (χ0) is 8.27. The number of rotatable bonds is 1. The van der Waals surface area contributed by atoms with Crippen molar-refractivity contribution in [1.29, 1.82) is 0 Å². The topological polar surface area (TPSA) is 78.2 Å². The van der Waals surface area contributed by atoms with Gasteiger partial charge in [0.05, 0.1) is 6.20 Å². The van der Waals surface area contributed by atoms with Gasteiger partial charge in [0.25, 0.3) is 5.17 Å². The quantitative estimate of drug-likeness (QED) is 0.198. The highest BCUT2D eigenvalue weighted by atomic mass is 32.1. The molecule has 6 heteroatoms. The maximum Gasteiger partial charge on any atom is 0.350 e. The van der Waals surface area contributed by atoms with E-state index < -0.39 is 0 Å². The van der Waals surface area contributed by atoms with E-state index in [1.165, 1.54) is 12.3 Å². The summed E-state index contributed by atoms with van der Waals surface area (Å²) in [6, 6.07) is 3.08. The summed E-state index contributed by atoms with van der Waals surface area (Å²) in [5.41, 5.74) is 5.13. The fourth-order valence-corrected chi connectivity index (χ4v) is 0.651. The van der Waals surface area contributed by atoms with Crippen molar-refractivity contribution in [1.82, 2.24) is 5.10 Å². The lowest BCUT2D eigenvalue weighted by atomic mass is 10.5. The van der Waals surface area contributed by atoms with Crippen molar-refractivity contribution in [2.24, 2.45) is 10.7 Å². The molecule has 2 N–H and O–H groups in total. The molecule has 0 unspecified atom stereocenters. The Balaban J connectivity index is 3.04. The summed E-state index contributed by atoms with van der Waals surface area (Å²) in [4.78, 5) is 3.97. The highest BCUT2D eigenvalue weighted by Gasteiger charge is 2.02. The van der Waals surface area contributed by atoms with Gasteiger partial charge in [0.1, 0.15) is 0 Å². The van der Waals surface area contributed by atoms with Crippen molar-refractivity contribution in [3.8, 4) is 0 Å². The molecule has 0 aliphatic carbocycles. The number of nitrogens with zero attached hydrogens (tertiary/aromatic N) is 3. The van der Waals surface area contributed by atoms with Crippen LogP contribution in [0.5, 0.6) is 0 Å². The molecule has 1 aromatic rings. The van der Waals surface area contributed by atoms with Gasteiger partial charge in [-0.15, -0.1) is 4.85 Å². The Morgan fingerprint density at radius 2 is 2.55 bits per heavy atom. The minimum atomic E-state index is 0.0302. The Morgan fingerprint density at radius 1 is 1.82 bits per heavy atom. The third-order valence-corrected chi connectivity index (χ3v) is 1.03. The molecule has 0 aliphatic heterocycles. The second-order valence-corrected chi connectivity index (χ2v) is 2.18. The zero-order valence-corrected chi connectivity index (χ0v) is 6.40. The average Bonchev–Trinajstić information content (AvgIpc) is 1.93. The molecule has 0 aromatic carbocycles. The van der Waals surface area contributed by atoms with Gasteiger partial charge in [-0.05, 0) is 11.1 Å². The number of hydrogen-bond acceptors (Lipinski definition) is 3. The molecule has 1 aromatic heterocycles. The van der Waals surface area contributed by atoms with E-state index in [2.05, 4.69) is 22.7 Å².